The molecular formula is C14H24ClN3. The van der Waals surface area contributed by atoms with E-state index in [0.29, 0.717) is 6.04 Å². The SMILES string of the molecule is CCC1CCCC(NCc2c(Cl)c(C)nn2C)C1. The van der Waals surface area contributed by atoms with Crippen molar-refractivity contribution < 1.29 is 0 Å². The van der Waals surface area contributed by atoms with E-state index in [-0.39, 0.29) is 0 Å². The molecule has 1 aromatic rings. The summed E-state index contributed by atoms with van der Waals surface area (Å²) in [4.78, 5) is 0. The van der Waals surface area contributed by atoms with Gasteiger partial charge in [-0.25, -0.2) is 0 Å². The fourth-order valence-electron chi connectivity index (χ4n) is 2.96. The van der Waals surface area contributed by atoms with Crippen molar-refractivity contribution in [3.63, 3.8) is 0 Å². The fourth-order valence-corrected chi connectivity index (χ4v) is 3.19. The van der Waals surface area contributed by atoms with Crippen LogP contribution in [0.25, 0.3) is 0 Å². The Bertz CT molecular complexity index is 400. The number of aromatic nitrogens is 2. The average Bonchev–Trinajstić information content (AvgIpc) is 2.61. The molecule has 0 spiro atoms. The first-order valence-electron chi connectivity index (χ1n) is 7.03. The van der Waals surface area contributed by atoms with Crippen LogP contribution in [0.2, 0.25) is 5.02 Å². The second kappa shape index (κ2) is 6.07. The number of aryl methyl sites for hydroxylation is 2. The monoisotopic (exact) mass is 269 g/mol. The Labute approximate surface area is 115 Å². The molecule has 2 atom stereocenters. The lowest BCUT2D eigenvalue weighted by Gasteiger charge is -2.29. The van der Waals surface area contributed by atoms with Gasteiger partial charge in [-0.05, 0) is 25.7 Å². The number of nitrogens with one attached hydrogen (secondary N) is 1. The van der Waals surface area contributed by atoms with Gasteiger partial charge in [-0.3, -0.25) is 4.68 Å². The van der Waals surface area contributed by atoms with Crippen LogP contribution in [-0.2, 0) is 13.6 Å². The summed E-state index contributed by atoms with van der Waals surface area (Å²) in [5.74, 6) is 0.903. The van der Waals surface area contributed by atoms with Crippen LogP contribution in [0.15, 0.2) is 0 Å². The summed E-state index contributed by atoms with van der Waals surface area (Å²) in [6, 6.07) is 0.648. The van der Waals surface area contributed by atoms with E-state index in [9.17, 15) is 0 Å². The quantitative estimate of drug-likeness (QED) is 0.907. The maximum atomic E-state index is 6.26. The van der Waals surface area contributed by atoms with E-state index in [1.807, 2.05) is 18.7 Å². The van der Waals surface area contributed by atoms with Crippen molar-refractivity contribution in [1.29, 1.82) is 0 Å². The molecule has 1 fully saturated rings. The summed E-state index contributed by atoms with van der Waals surface area (Å²) in [5, 5.41) is 8.81. The average molecular weight is 270 g/mol. The minimum absolute atomic E-state index is 0.648. The Balaban J connectivity index is 1.91. The Morgan fingerprint density at radius 3 is 2.83 bits per heavy atom. The molecule has 2 unspecified atom stereocenters. The Morgan fingerprint density at radius 1 is 1.44 bits per heavy atom. The number of halogens is 1. The summed E-state index contributed by atoms with van der Waals surface area (Å²) in [5.41, 5.74) is 2.03. The molecule has 0 aliphatic heterocycles. The van der Waals surface area contributed by atoms with Crippen molar-refractivity contribution in [3.8, 4) is 0 Å². The van der Waals surface area contributed by atoms with Gasteiger partial charge in [0.1, 0.15) is 0 Å². The summed E-state index contributed by atoms with van der Waals surface area (Å²) >= 11 is 6.26. The van der Waals surface area contributed by atoms with Crippen LogP contribution in [0, 0.1) is 12.8 Å². The van der Waals surface area contributed by atoms with Gasteiger partial charge >= 0.3 is 0 Å². The summed E-state index contributed by atoms with van der Waals surface area (Å²) in [6.45, 7) is 5.09. The highest BCUT2D eigenvalue weighted by Gasteiger charge is 2.21. The normalized spacial score (nSPS) is 24.4. The van der Waals surface area contributed by atoms with Gasteiger partial charge in [0.05, 0.1) is 16.4 Å². The molecular weight excluding hydrogens is 246 g/mol. The fraction of sp³-hybridized carbons (Fsp3) is 0.786. The van der Waals surface area contributed by atoms with E-state index in [4.69, 9.17) is 11.6 Å². The lowest BCUT2D eigenvalue weighted by atomic mass is 9.84. The van der Waals surface area contributed by atoms with Crippen LogP contribution in [0.3, 0.4) is 0 Å². The van der Waals surface area contributed by atoms with Crippen molar-refractivity contribution in [2.24, 2.45) is 13.0 Å². The zero-order valence-electron chi connectivity index (χ0n) is 11.7. The lowest BCUT2D eigenvalue weighted by Crippen LogP contribution is -2.34. The van der Waals surface area contributed by atoms with E-state index in [0.717, 1.165) is 28.9 Å². The van der Waals surface area contributed by atoms with Crippen LogP contribution in [0.5, 0.6) is 0 Å². The molecule has 1 aromatic heterocycles. The Morgan fingerprint density at radius 2 is 2.22 bits per heavy atom. The number of rotatable bonds is 4. The van der Waals surface area contributed by atoms with Crippen molar-refractivity contribution >= 4 is 11.6 Å². The molecule has 18 heavy (non-hydrogen) atoms. The molecule has 0 radical (unpaired) electrons. The first kappa shape index (κ1) is 13.9. The largest absolute Gasteiger partial charge is 0.308 e. The van der Waals surface area contributed by atoms with Crippen LogP contribution in [-0.4, -0.2) is 15.8 Å². The molecule has 0 bridgehead atoms. The van der Waals surface area contributed by atoms with Crippen LogP contribution < -0.4 is 5.32 Å². The third kappa shape index (κ3) is 3.07. The topological polar surface area (TPSA) is 29.9 Å². The molecule has 1 aliphatic carbocycles. The lowest BCUT2D eigenvalue weighted by molar-refractivity contribution is 0.277. The van der Waals surface area contributed by atoms with Crippen LogP contribution in [0.1, 0.15) is 50.4 Å². The maximum Gasteiger partial charge on any atom is 0.0860 e. The van der Waals surface area contributed by atoms with E-state index in [1.165, 1.54) is 32.1 Å². The molecule has 1 N–H and O–H groups in total. The van der Waals surface area contributed by atoms with Crippen molar-refractivity contribution in [2.75, 3.05) is 0 Å². The Kier molecular flexibility index (Phi) is 4.68. The second-order valence-corrected chi connectivity index (χ2v) is 5.87. The summed E-state index contributed by atoms with van der Waals surface area (Å²) < 4.78 is 1.89. The molecule has 1 heterocycles. The van der Waals surface area contributed by atoms with E-state index in [2.05, 4.69) is 17.3 Å². The van der Waals surface area contributed by atoms with Gasteiger partial charge in [-0.15, -0.1) is 0 Å². The van der Waals surface area contributed by atoms with Crippen molar-refractivity contribution in [3.05, 3.63) is 16.4 Å². The minimum atomic E-state index is 0.648. The zero-order valence-corrected chi connectivity index (χ0v) is 12.4. The van der Waals surface area contributed by atoms with Gasteiger partial charge in [-0.2, -0.15) is 5.10 Å². The van der Waals surface area contributed by atoms with Crippen molar-refractivity contribution in [2.45, 2.75) is 58.5 Å². The standard InChI is InChI=1S/C14H24ClN3/c1-4-11-6-5-7-12(8-11)16-9-13-14(15)10(2)17-18(13)3/h11-12,16H,4-9H2,1-3H3. The first-order valence-corrected chi connectivity index (χ1v) is 7.41. The predicted octanol–water partition coefficient (Wildman–Crippen LogP) is 3.44. The summed E-state index contributed by atoms with van der Waals surface area (Å²) in [6.07, 6.45) is 6.67. The highest BCUT2D eigenvalue weighted by atomic mass is 35.5. The van der Waals surface area contributed by atoms with Crippen LogP contribution in [0.4, 0.5) is 0 Å². The molecule has 102 valence electrons. The Hall–Kier alpha value is -0.540. The minimum Gasteiger partial charge on any atom is -0.308 e. The highest BCUT2D eigenvalue weighted by Crippen LogP contribution is 2.27. The smallest absolute Gasteiger partial charge is 0.0860 e. The van der Waals surface area contributed by atoms with Gasteiger partial charge in [0, 0.05) is 19.6 Å². The van der Waals surface area contributed by atoms with Gasteiger partial charge in [0.2, 0.25) is 0 Å². The van der Waals surface area contributed by atoms with Gasteiger partial charge in [-0.1, -0.05) is 37.8 Å². The van der Waals surface area contributed by atoms with Gasteiger partial charge in [0.25, 0.3) is 0 Å². The molecule has 3 nitrogen and oxygen atoms in total. The summed E-state index contributed by atoms with van der Waals surface area (Å²) in [7, 11) is 1.96. The third-order valence-electron chi connectivity index (χ3n) is 4.18. The molecule has 0 amide bonds. The van der Waals surface area contributed by atoms with E-state index >= 15 is 0 Å². The molecule has 1 aliphatic rings. The molecule has 4 heteroatoms. The van der Waals surface area contributed by atoms with E-state index < -0.39 is 0 Å². The number of hydrogen-bond donors (Lipinski definition) is 1. The zero-order chi connectivity index (χ0) is 13.1. The van der Waals surface area contributed by atoms with Gasteiger partial charge in [0.15, 0.2) is 0 Å². The van der Waals surface area contributed by atoms with Gasteiger partial charge < -0.3 is 5.32 Å². The number of hydrogen-bond acceptors (Lipinski definition) is 2. The van der Waals surface area contributed by atoms with E-state index in [1.54, 1.807) is 0 Å². The molecule has 0 aromatic carbocycles. The van der Waals surface area contributed by atoms with Crippen LogP contribution >= 0.6 is 11.6 Å². The predicted molar refractivity (Wildman–Crippen MR) is 75.8 cm³/mol. The highest BCUT2D eigenvalue weighted by molar-refractivity contribution is 6.31. The molecule has 1 saturated carbocycles. The van der Waals surface area contributed by atoms with Crippen molar-refractivity contribution in [1.82, 2.24) is 15.1 Å². The first-order chi connectivity index (χ1) is 8.61. The molecule has 2 rings (SSSR count). The number of nitrogens with zero attached hydrogens (tertiary/aromatic N) is 2. The third-order valence-corrected chi connectivity index (χ3v) is 4.67. The maximum absolute atomic E-state index is 6.26. The second-order valence-electron chi connectivity index (χ2n) is 5.49. The molecule has 0 saturated heterocycles.